The van der Waals surface area contributed by atoms with E-state index in [1.165, 1.54) is 6.08 Å². The molecule has 0 saturated heterocycles. The second kappa shape index (κ2) is 10.4. The number of carbonyl (C=O) groups is 2. The van der Waals surface area contributed by atoms with Crippen molar-refractivity contribution in [1.82, 2.24) is 0 Å². The van der Waals surface area contributed by atoms with Gasteiger partial charge in [-0.05, 0) is 42.8 Å². The van der Waals surface area contributed by atoms with Crippen molar-refractivity contribution in [3.8, 4) is 11.8 Å². The van der Waals surface area contributed by atoms with Crippen molar-refractivity contribution in [2.75, 3.05) is 18.5 Å². The summed E-state index contributed by atoms with van der Waals surface area (Å²) in [5.41, 5.74) is 0.798. The fraction of sp³-hybridized carbons (Fsp3) is 0.150. The van der Waals surface area contributed by atoms with Crippen LogP contribution in [0.25, 0.3) is 6.08 Å². The van der Waals surface area contributed by atoms with Crippen LogP contribution in [0.15, 0.2) is 48.0 Å². The predicted molar refractivity (Wildman–Crippen MR) is 107 cm³/mol. The van der Waals surface area contributed by atoms with Crippen LogP contribution in [-0.4, -0.2) is 25.1 Å². The molecule has 0 aliphatic carbocycles. The molecule has 2 aromatic rings. The zero-order chi connectivity index (χ0) is 20.5. The summed E-state index contributed by atoms with van der Waals surface area (Å²) in [6.07, 6.45) is 1.42. The number of nitrogens with one attached hydrogen (secondary N) is 1. The molecule has 0 aromatic heterocycles. The van der Waals surface area contributed by atoms with Gasteiger partial charge in [0.1, 0.15) is 17.4 Å². The summed E-state index contributed by atoms with van der Waals surface area (Å²) in [6.45, 7) is 1.79. The van der Waals surface area contributed by atoms with Gasteiger partial charge in [0.15, 0.2) is 6.61 Å². The fourth-order valence-corrected chi connectivity index (χ4v) is 2.46. The number of anilines is 1. The Bertz CT molecular complexity index is 934. The van der Waals surface area contributed by atoms with Gasteiger partial charge in [-0.25, -0.2) is 4.79 Å². The Hall–Kier alpha value is -3.01. The molecule has 144 valence electrons. The molecule has 1 N–H and O–H groups in total. The van der Waals surface area contributed by atoms with Crippen LogP contribution in [0.2, 0.25) is 10.0 Å². The number of hydrogen-bond acceptors (Lipinski definition) is 5. The Balaban J connectivity index is 2.07. The van der Waals surface area contributed by atoms with Gasteiger partial charge in [0.2, 0.25) is 0 Å². The van der Waals surface area contributed by atoms with E-state index in [2.05, 4.69) is 5.32 Å². The van der Waals surface area contributed by atoms with Crippen LogP contribution in [0.1, 0.15) is 12.5 Å². The summed E-state index contributed by atoms with van der Waals surface area (Å²) in [5, 5.41) is 12.3. The largest absolute Gasteiger partial charge is 0.482 e. The molecule has 0 atom stereocenters. The molecule has 0 saturated carbocycles. The third-order valence-corrected chi connectivity index (χ3v) is 4.24. The first-order chi connectivity index (χ1) is 13.4. The van der Waals surface area contributed by atoms with Gasteiger partial charge in [-0.1, -0.05) is 41.4 Å². The van der Waals surface area contributed by atoms with Crippen LogP contribution in [0.5, 0.6) is 5.75 Å². The molecule has 0 spiro atoms. The van der Waals surface area contributed by atoms with E-state index in [1.807, 2.05) is 6.07 Å². The molecule has 0 radical (unpaired) electrons. The first-order valence-corrected chi connectivity index (χ1v) is 8.95. The zero-order valence-corrected chi connectivity index (χ0v) is 16.4. The fourth-order valence-electron chi connectivity index (χ4n) is 2.11. The maximum absolute atomic E-state index is 12.3. The first kappa shape index (κ1) is 21.3. The monoisotopic (exact) mass is 418 g/mol. The minimum absolute atomic E-state index is 0.115. The van der Waals surface area contributed by atoms with Crippen LogP contribution in [0.4, 0.5) is 5.69 Å². The van der Waals surface area contributed by atoms with Crippen LogP contribution >= 0.6 is 23.2 Å². The average molecular weight is 419 g/mol. The van der Waals surface area contributed by atoms with E-state index in [4.69, 9.17) is 32.7 Å². The van der Waals surface area contributed by atoms with Crippen molar-refractivity contribution in [3.63, 3.8) is 0 Å². The normalized spacial score (nSPS) is 10.7. The number of halogens is 2. The number of ether oxygens (including phenoxy) is 2. The van der Waals surface area contributed by atoms with Gasteiger partial charge >= 0.3 is 5.97 Å². The topological polar surface area (TPSA) is 88.4 Å². The molecule has 0 unspecified atom stereocenters. The van der Waals surface area contributed by atoms with Gasteiger partial charge < -0.3 is 14.8 Å². The van der Waals surface area contributed by atoms with Crippen LogP contribution in [0, 0.1) is 11.3 Å². The Morgan fingerprint density at radius 1 is 1.18 bits per heavy atom. The van der Waals surface area contributed by atoms with Gasteiger partial charge in [-0.3, -0.25) is 4.79 Å². The standard InChI is InChI=1S/C20H16Cl2N2O4/c1-2-27-18(25)12-28-15-8-6-13(7-9-15)10-14(11-23)20(26)24-17-5-3-4-16(21)19(17)22/h3-10H,2,12H2,1H3,(H,24,26)/b14-10-. The van der Waals surface area contributed by atoms with Crippen molar-refractivity contribution in [2.45, 2.75) is 6.92 Å². The van der Waals surface area contributed by atoms with Gasteiger partial charge in [0, 0.05) is 0 Å². The Kier molecular flexibility index (Phi) is 7.88. The van der Waals surface area contributed by atoms with E-state index in [-0.39, 0.29) is 23.8 Å². The van der Waals surface area contributed by atoms with E-state index in [0.29, 0.717) is 22.0 Å². The molecule has 1 amide bonds. The van der Waals surface area contributed by atoms with E-state index in [9.17, 15) is 14.9 Å². The molecule has 28 heavy (non-hydrogen) atoms. The molecule has 0 aliphatic heterocycles. The van der Waals surface area contributed by atoms with Crippen molar-refractivity contribution in [3.05, 3.63) is 63.6 Å². The quantitative estimate of drug-likeness (QED) is 0.406. The molecule has 0 aliphatic rings. The Morgan fingerprint density at radius 2 is 1.89 bits per heavy atom. The highest BCUT2D eigenvalue weighted by atomic mass is 35.5. The van der Waals surface area contributed by atoms with Crippen LogP contribution in [0.3, 0.4) is 0 Å². The summed E-state index contributed by atoms with van der Waals surface area (Å²) >= 11 is 12.0. The number of nitrogens with zero attached hydrogens (tertiary/aromatic N) is 1. The minimum atomic E-state index is -0.616. The molecule has 0 bridgehead atoms. The summed E-state index contributed by atoms with van der Waals surface area (Å²) in [6, 6.07) is 13.2. The van der Waals surface area contributed by atoms with E-state index in [0.717, 1.165) is 0 Å². The predicted octanol–water partition coefficient (Wildman–Crippen LogP) is 4.48. The van der Waals surface area contributed by atoms with E-state index in [1.54, 1.807) is 49.4 Å². The van der Waals surface area contributed by atoms with Gasteiger partial charge in [0.05, 0.1) is 22.3 Å². The minimum Gasteiger partial charge on any atom is -0.482 e. The molecule has 0 fully saturated rings. The zero-order valence-electron chi connectivity index (χ0n) is 14.9. The SMILES string of the molecule is CCOC(=O)COc1ccc(/C=C(/C#N)C(=O)Nc2cccc(Cl)c2Cl)cc1. The lowest BCUT2D eigenvalue weighted by atomic mass is 10.1. The number of hydrogen-bond donors (Lipinski definition) is 1. The summed E-state index contributed by atoms with van der Waals surface area (Å²) < 4.78 is 10.1. The van der Waals surface area contributed by atoms with Gasteiger partial charge in [-0.15, -0.1) is 0 Å². The lowest BCUT2D eigenvalue weighted by Crippen LogP contribution is -2.14. The lowest BCUT2D eigenvalue weighted by molar-refractivity contribution is -0.145. The maximum Gasteiger partial charge on any atom is 0.344 e. The van der Waals surface area contributed by atoms with Crippen molar-refractivity contribution >= 4 is 46.8 Å². The number of nitriles is 1. The Labute approximate surface area is 172 Å². The second-order valence-corrected chi connectivity index (χ2v) is 6.17. The van der Waals surface area contributed by atoms with E-state index >= 15 is 0 Å². The molecular weight excluding hydrogens is 403 g/mol. The highest BCUT2D eigenvalue weighted by Gasteiger charge is 2.13. The number of esters is 1. The van der Waals surface area contributed by atoms with Crippen molar-refractivity contribution in [1.29, 1.82) is 5.26 Å². The molecule has 2 aromatic carbocycles. The third-order valence-electron chi connectivity index (χ3n) is 3.42. The number of amides is 1. The van der Waals surface area contributed by atoms with Crippen LogP contribution < -0.4 is 10.1 Å². The van der Waals surface area contributed by atoms with Gasteiger partial charge in [-0.2, -0.15) is 5.26 Å². The maximum atomic E-state index is 12.3. The number of carbonyl (C=O) groups excluding carboxylic acids is 2. The highest BCUT2D eigenvalue weighted by molar-refractivity contribution is 6.44. The highest BCUT2D eigenvalue weighted by Crippen LogP contribution is 2.29. The smallest absolute Gasteiger partial charge is 0.344 e. The average Bonchev–Trinajstić information content (AvgIpc) is 2.69. The molecule has 8 heteroatoms. The molecular formula is C20H16Cl2N2O4. The van der Waals surface area contributed by atoms with E-state index < -0.39 is 11.9 Å². The van der Waals surface area contributed by atoms with Gasteiger partial charge in [0.25, 0.3) is 5.91 Å². The molecule has 2 rings (SSSR count). The Morgan fingerprint density at radius 3 is 2.54 bits per heavy atom. The third kappa shape index (κ3) is 6.02. The summed E-state index contributed by atoms with van der Waals surface area (Å²) in [4.78, 5) is 23.6. The number of rotatable bonds is 7. The summed E-state index contributed by atoms with van der Waals surface area (Å²) in [5.74, 6) is -0.622. The first-order valence-electron chi connectivity index (χ1n) is 8.20. The second-order valence-electron chi connectivity index (χ2n) is 5.39. The molecule has 0 heterocycles. The van der Waals surface area contributed by atoms with Crippen LogP contribution in [-0.2, 0) is 14.3 Å². The van der Waals surface area contributed by atoms with Crippen molar-refractivity contribution < 1.29 is 19.1 Å². The summed E-state index contributed by atoms with van der Waals surface area (Å²) in [7, 11) is 0. The number of benzene rings is 2. The molecule has 6 nitrogen and oxygen atoms in total. The lowest BCUT2D eigenvalue weighted by Gasteiger charge is -2.08. The van der Waals surface area contributed by atoms with Crippen molar-refractivity contribution in [2.24, 2.45) is 0 Å².